The van der Waals surface area contributed by atoms with Gasteiger partial charge in [-0.3, -0.25) is 4.79 Å². The third-order valence-corrected chi connectivity index (χ3v) is 5.91. The zero-order valence-electron chi connectivity index (χ0n) is 15.2. The van der Waals surface area contributed by atoms with Gasteiger partial charge in [0.05, 0.1) is 16.6 Å². The molecule has 0 aromatic heterocycles. The molecule has 140 valence electrons. The number of hydrogen-bond donors (Lipinski definition) is 0. The molecule has 2 aromatic rings. The monoisotopic (exact) mass is 401 g/mol. The number of β-lactam (4-membered cyclic amide) rings is 1. The molecule has 27 heavy (non-hydrogen) atoms. The highest BCUT2D eigenvalue weighted by Crippen LogP contribution is 2.33. The molecule has 0 aliphatic carbocycles. The largest absolute Gasteiger partial charge is 0.368 e. The number of amides is 1. The summed E-state index contributed by atoms with van der Waals surface area (Å²) in [6.45, 7) is 4.68. The SMILES string of the molecule is CN1CCN(c2ccccc2C=C2CN(c3ccc(Cl)c(Cl)c3)C2=O)CC1. The third kappa shape index (κ3) is 3.70. The van der Waals surface area contributed by atoms with Gasteiger partial charge in [-0.05, 0) is 43.0 Å². The maximum Gasteiger partial charge on any atom is 0.256 e. The molecule has 2 aromatic carbocycles. The summed E-state index contributed by atoms with van der Waals surface area (Å²) in [4.78, 5) is 19.1. The van der Waals surface area contributed by atoms with Gasteiger partial charge in [0.15, 0.2) is 0 Å². The highest BCUT2D eigenvalue weighted by Gasteiger charge is 2.32. The normalized spacial score (nSPS) is 19.5. The summed E-state index contributed by atoms with van der Waals surface area (Å²) in [5.74, 6) is 0.0153. The van der Waals surface area contributed by atoms with Crippen LogP contribution in [0.1, 0.15) is 5.56 Å². The van der Waals surface area contributed by atoms with E-state index in [2.05, 4.69) is 35.0 Å². The zero-order chi connectivity index (χ0) is 19.0. The third-order valence-electron chi connectivity index (χ3n) is 5.17. The fraction of sp³-hybridized carbons (Fsp3) is 0.286. The Morgan fingerprint density at radius 2 is 1.70 bits per heavy atom. The van der Waals surface area contributed by atoms with E-state index in [1.807, 2.05) is 18.2 Å². The second-order valence-electron chi connectivity index (χ2n) is 7.01. The van der Waals surface area contributed by atoms with Crippen LogP contribution in [0.4, 0.5) is 11.4 Å². The van der Waals surface area contributed by atoms with E-state index in [-0.39, 0.29) is 5.91 Å². The minimum atomic E-state index is 0.0153. The van der Waals surface area contributed by atoms with Crippen molar-refractivity contribution in [2.45, 2.75) is 0 Å². The molecule has 2 aliphatic rings. The van der Waals surface area contributed by atoms with Crippen molar-refractivity contribution >= 4 is 46.6 Å². The van der Waals surface area contributed by atoms with Crippen LogP contribution in [0.15, 0.2) is 48.0 Å². The molecule has 1 amide bonds. The van der Waals surface area contributed by atoms with Gasteiger partial charge >= 0.3 is 0 Å². The lowest BCUT2D eigenvalue weighted by atomic mass is 10.0. The molecule has 0 unspecified atom stereocenters. The van der Waals surface area contributed by atoms with E-state index in [9.17, 15) is 4.79 Å². The summed E-state index contributed by atoms with van der Waals surface area (Å²) in [7, 11) is 2.15. The lowest BCUT2D eigenvalue weighted by Crippen LogP contribution is -2.46. The predicted octanol–water partition coefficient (Wildman–Crippen LogP) is 4.18. The molecular weight excluding hydrogens is 381 g/mol. The van der Waals surface area contributed by atoms with Crippen LogP contribution in [-0.2, 0) is 4.79 Å². The number of nitrogens with zero attached hydrogens (tertiary/aromatic N) is 3. The number of anilines is 2. The zero-order valence-corrected chi connectivity index (χ0v) is 16.7. The number of rotatable bonds is 3. The fourth-order valence-electron chi connectivity index (χ4n) is 3.49. The molecule has 0 bridgehead atoms. The molecule has 4 rings (SSSR count). The number of benzene rings is 2. The van der Waals surface area contributed by atoms with Crippen molar-refractivity contribution in [2.75, 3.05) is 49.6 Å². The Balaban J connectivity index is 1.53. The van der Waals surface area contributed by atoms with E-state index in [0.717, 1.165) is 43.0 Å². The van der Waals surface area contributed by atoms with Gasteiger partial charge in [-0.1, -0.05) is 41.4 Å². The summed E-state index contributed by atoms with van der Waals surface area (Å²) < 4.78 is 0. The molecule has 2 saturated heterocycles. The van der Waals surface area contributed by atoms with E-state index in [4.69, 9.17) is 23.2 Å². The summed E-state index contributed by atoms with van der Waals surface area (Å²) in [5, 5.41) is 0.949. The summed E-state index contributed by atoms with van der Waals surface area (Å²) in [6.07, 6.45) is 2.02. The number of carbonyl (C=O) groups is 1. The molecule has 6 heteroatoms. The first-order valence-electron chi connectivity index (χ1n) is 9.03. The summed E-state index contributed by atoms with van der Waals surface area (Å²) in [6, 6.07) is 13.6. The van der Waals surface area contributed by atoms with Crippen LogP contribution < -0.4 is 9.80 Å². The molecule has 0 atom stereocenters. The summed E-state index contributed by atoms with van der Waals surface area (Å²) in [5.41, 5.74) is 3.87. The van der Waals surface area contributed by atoms with Crippen molar-refractivity contribution in [3.63, 3.8) is 0 Å². The van der Waals surface area contributed by atoms with Crippen LogP contribution >= 0.6 is 23.2 Å². The van der Waals surface area contributed by atoms with E-state index in [1.165, 1.54) is 5.69 Å². The molecule has 2 fully saturated rings. The van der Waals surface area contributed by atoms with Crippen molar-refractivity contribution < 1.29 is 4.79 Å². The van der Waals surface area contributed by atoms with Crippen LogP contribution in [0.5, 0.6) is 0 Å². The van der Waals surface area contributed by atoms with Crippen molar-refractivity contribution in [1.29, 1.82) is 0 Å². The van der Waals surface area contributed by atoms with Crippen molar-refractivity contribution in [3.8, 4) is 0 Å². The average molecular weight is 402 g/mol. The molecule has 0 radical (unpaired) electrons. The summed E-state index contributed by atoms with van der Waals surface area (Å²) >= 11 is 12.0. The Bertz CT molecular complexity index is 904. The Hall–Kier alpha value is -2.01. The van der Waals surface area contributed by atoms with Crippen LogP contribution in [0.3, 0.4) is 0 Å². The quantitative estimate of drug-likeness (QED) is 0.570. The van der Waals surface area contributed by atoms with Crippen LogP contribution in [0.25, 0.3) is 6.08 Å². The number of halogens is 2. The molecular formula is C21H21Cl2N3O. The predicted molar refractivity (Wildman–Crippen MR) is 113 cm³/mol. The van der Waals surface area contributed by atoms with Gasteiger partial charge in [-0.15, -0.1) is 0 Å². The minimum absolute atomic E-state index is 0.0153. The topological polar surface area (TPSA) is 26.8 Å². The van der Waals surface area contributed by atoms with Crippen LogP contribution in [0, 0.1) is 0 Å². The van der Waals surface area contributed by atoms with Gasteiger partial charge in [0.25, 0.3) is 5.91 Å². The maximum absolute atomic E-state index is 12.7. The number of carbonyl (C=O) groups excluding carboxylic acids is 1. The number of hydrogen-bond acceptors (Lipinski definition) is 3. The molecule has 0 N–H and O–H groups in total. The van der Waals surface area contributed by atoms with Gasteiger partial charge < -0.3 is 14.7 Å². The Morgan fingerprint density at radius 3 is 2.41 bits per heavy atom. The van der Waals surface area contributed by atoms with Crippen molar-refractivity contribution in [3.05, 3.63) is 63.6 Å². The van der Waals surface area contributed by atoms with Gasteiger partial charge in [-0.25, -0.2) is 0 Å². The van der Waals surface area contributed by atoms with Gasteiger partial charge in [0.1, 0.15) is 0 Å². The first-order valence-corrected chi connectivity index (χ1v) is 9.78. The molecule has 2 aliphatic heterocycles. The maximum atomic E-state index is 12.7. The Labute approximate surface area is 169 Å². The number of para-hydroxylation sites is 1. The van der Waals surface area contributed by atoms with Crippen LogP contribution in [-0.4, -0.2) is 50.6 Å². The number of piperazine rings is 1. The highest BCUT2D eigenvalue weighted by atomic mass is 35.5. The Kier molecular flexibility index (Phi) is 5.13. The lowest BCUT2D eigenvalue weighted by Gasteiger charge is -2.36. The molecule has 0 saturated carbocycles. The molecule has 4 nitrogen and oxygen atoms in total. The van der Waals surface area contributed by atoms with E-state index >= 15 is 0 Å². The highest BCUT2D eigenvalue weighted by molar-refractivity contribution is 6.42. The molecule has 0 spiro atoms. The fourth-order valence-corrected chi connectivity index (χ4v) is 3.79. The van der Waals surface area contributed by atoms with Gasteiger partial charge in [0, 0.05) is 43.1 Å². The van der Waals surface area contributed by atoms with Crippen molar-refractivity contribution in [2.24, 2.45) is 0 Å². The van der Waals surface area contributed by atoms with E-state index in [1.54, 1.807) is 17.0 Å². The van der Waals surface area contributed by atoms with Gasteiger partial charge in [0.2, 0.25) is 0 Å². The minimum Gasteiger partial charge on any atom is -0.368 e. The first kappa shape index (κ1) is 18.4. The first-order chi connectivity index (χ1) is 13.0. The lowest BCUT2D eigenvalue weighted by molar-refractivity contribution is -0.117. The molecule has 2 heterocycles. The van der Waals surface area contributed by atoms with E-state index in [0.29, 0.717) is 16.6 Å². The standard InChI is InChI=1S/C21H21Cl2N3O/c1-24-8-10-25(11-9-24)20-5-3-2-4-15(20)12-16-14-26(21(16)27)17-6-7-18(22)19(23)13-17/h2-7,12-13H,8-11,14H2,1H3. The number of likely N-dealkylation sites (N-methyl/N-ethyl adjacent to an activating group) is 1. The second kappa shape index (κ2) is 7.55. The smallest absolute Gasteiger partial charge is 0.256 e. The van der Waals surface area contributed by atoms with Gasteiger partial charge in [-0.2, -0.15) is 0 Å². The average Bonchev–Trinajstić information content (AvgIpc) is 2.68. The van der Waals surface area contributed by atoms with Crippen molar-refractivity contribution in [1.82, 2.24) is 4.90 Å². The van der Waals surface area contributed by atoms with E-state index < -0.39 is 0 Å². The van der Waals surface area contributed by atoms with Crippen LogP contribution in [0.2, 0.25) is 10.0 Å². The second-order valence-corrected chi connectivity index (χ2v) is 7.82. The Morgan fingerprint density at radius 1 is 0.963 bits per heavy atom.